The van der Waals surface area contributed by atoms with E-state index in [-0.39, 0.29) is 30.1 Å². The van der Waals surface area contributed by atoms with Crippen LogP contribution in [0.3, 0.4) is 0 Å². The Morgan fingerprint density at radius 2 is 1.65 bits per heavy atom. The second kappa shape index (κ2) is 8.93. The molecular weight excluding hydrogens is 430 g/mol. The Morgan fingerprint density at radius 3 is 2.18 bits per heavy atom. The molecule has 1 aromatic rings. The molecule has 2 unspecified atom stereocenters. The molecule has 0 bridgehead atoms. The number of pyridine rings is 1. The molecule has 2 aliphatic carbocycles. The van der Waals surface area contributed by atoms with E-state index in [0.29, 0.717) is 11.5 Å². The van der Waals surface area contributed by atoms with Gasteiger partial charge < -0.3 is 25.2 Å². The predicted octanol–water partition coefficient (Wildman–Crippen LogP) is 4.08. The highest BCUT2D eigenvalue weighted by molar-refractivity contribution is 5.74. The monoisotopic (exact) mass is 471 g/mol. The third-order valence-electron chi connectivity index (χ3n) is 7.48. The molecule has 1 aliphatic heterocycles. The summed E-state index contributed by atoms with van der Waals surface area (Å²) >= 11 is 0. The van der Waals surface area contributed by atoms with Gasteiger partial charge in [-0.05, 0) is 84.8 Å². The number of rotatable bonds is 4. The fourth-order valence-electron chi connectivity index (χ4n) is 6.21. The first kappa shape index (κ1) is 24.6. The zero-order valence-electron chi connectivity index (χ0n) is 21.8. The second-order valence-electron chi connectivity index (χ2n) is 11.8. The quantitative estimate of drug-likeness (QED) is 0.688. The van der Waals surface area contributed by atoms with Crippen molar-refractivity contribution in [1.29, 1.82) is 0 Å². The molecule has 2 heterocycles. The van der Waals surface area contributed by atoms with E-state index in [9.17, 15) is 9.59 Å². The van der Waals surface area contributed by atoms with E-state index in [2.05, 4.69) is 48.4 Å². The van der Waals surface area contributed by atoms with Crippen molar-refractivity contribution < 1.29 is 14.3 Å². The van der Waals surface area contributed by atoms with Crippen LogP contribution >= 0.6 is 0 Å². The number of alkyl carbamates (subject to hydrolysis) is 1. The highest BCUT2D eigenvalue weighted by Gasteiger charge is 2.53. The molecule has 8 nitrogen and oxygen atoms in total. The standard InChI is InChI=1S/C26H41N5O3/c1-16-14-30(15-17(2)31(16)19(4)32)23-9-8-22(18(3)27-23)28-20-10-26(11-20)12-21(13-26)29-24(33)34-25(5,6)7/h8-9,16-17,20-21,28H,10-15H2,1-7H3,(H,29,33). The zero-order chi connectivity index (χ0) is 24.8. The van der Waals surface area contributed by atoms with Gasteiger partial charge in [-0.1, -0.05) is 0 Å². The number of anilines is 2. The average Bonchev–Trinajstić information content (AvgIpc) is 2.63. The van der Waals surface area contributed by atoms with Crippen molar-refractivity contribution in [2.75, 3.05) is 23.3 Å². The van der Waals surface area contributed by atoms with E-state index < -0.39 is 5.60 Å². The second-order valence-corrected chi connectivity index (χ2v) is 11.8. The molecule has 2 amide bonds. The van der Waals surface area contributed by atoms with Gasteiger partial charge >= 0.3 is 6.09 Å². The van der Waals surface area contributed by atoms with Crippen LogP contribution in [0.2, 0.25) is 0 Å². The molecule has 2 saturated carbocycles. The Kier molecular flexibility index (Phi) is 6.46. The lowest BCUT2D eigenvalue weighted by Gasteiger charge is -2.58. The van der Waals surface area contributed by atoms with Crippen molar-refractivity contribution in [2.45, 2.75) is 104 Å². The topological polar surface area (TPSA) is 86.8 Å². The summed E-state index contributed by atoms with van der Waals surface area (Å²) in [5, 5.41) is 6.68. The number of aryl methyl sites for hydroxylation is 1. The number of carbonyl (C=O) groups is 2. The molecule has 0 radical (unpaired) electrons. The molecule has 8 heteroatoms. The van der Waals surface area contributed by atoms with Gasteiger partial charge in [0.25, 0.3) is 0 Å². The SMILES string of the molecule is CC(=O)N1C(C)CN(c2ccc(NC3CC4(CC(NC(=O)OC(C)(C)C)C4)C3)c(C)n2)CC1C. The molecule has 3 fully saturated rings. The van der Waals surface area contributed by atoms with Crippen LogP contribution in [0.4, 0.5) is 16.3 Å². The first-order valence-electron chi connectivity index (χ1n) is 12.6. The molecule has 4 rings (SSSR count). The zero-order valence-corrected chi connectivity index (χ0v) is 21.8. The van der Waals surface area contributed by atoms with Crippen LogP contribution in [0.1, 0.15) is 72.9 Å². The molecular formula is C26H41N5O3. The average molecular weight is 472 g/mol. The van der Waals surface area contributed by atoms with Gasteiger partial charge in [0.05, 0.1) is 11.4 Å². The highest BCUT2D eigenvalue weighted by atomic mass is 16.6. The van der Waals surface area contributed by atoms with E-state index in [1.54, 1.807) is 6.92 Å². The van der Waals surface area contributed by atoms with Gasteiger partial charge in [-0.3, -0.25) is 4.79 Å². The van der Waals surface area contributed by atoms with Crippen LogP contribution < -0.4 is 15.5 Å². The molecule has 0 aromatic carbocycles. The number of carbonyl (C=O) groups excluding carboxylic acids is 2. The van der Waals surface area contributed by atoms with Gasteiger partial charge in [-0.25, -0.2) is 9.78 Å². The molecule has 1 aromatic heterocycles. The van der Waals surface area contributed by atoms with Crippen LogP contribution in [0, 0.1) is 12.3 Å². The number of amides is 2. The van der Waals surface area contributed by atoms with Crippen LogP contribution in [-0.2, 0) is 9.53 Å². The third-order valence-corrected chi connectivity index (χ3v) is 7.48. The van der Waals surface area contributed by atoms with Gasteiger partial charge in [0, 0.05) is 44.2 Å². The predicted molar refractivity (Wildman–Crippen MR) is 134 cm³/mol. The van der Waals surface area contributed by atoms with Crippen molar-refractivity contribution >= 4 is 23.5 Å². The summed E-state index contributed by atoms with van der Waals surface area (Å²) < 4.78 is 5.37. The fourth-order valence-corrected chi connectivity index (χ4v) is 6.21. The number of piperazine rings is 1. The normalized spacial score (nSPS) is 30.9. The maximum Gasteiger partial charge on any atom is 0.407 e. The van der Waals surface area contributed by atoms with Crippen molar-refractivity contribution in [3.63, 3.8) is 0 Å². The summed E-state index contributed by atoms with van der Waals surface area (Å²) in [5.41, 5.74) is 2.00. The van der Waals surface area contributed by atoms with Crippen LogP contribution in [-0.4, -0.2) is 64.7 Å². The summed E-state index contributed by atoms with van der Waals surface area (Å²) in [7, 11) is 0. The Labute approximate surface area is 203 Å². The van der Waals surface area contributed by atoms with Crippen LogP contribution in [0.15, 0.2) is 12.1 Å². The molecule has 3 aliphatic rings. The minimum Gasteiger partial charge on any atom is -0.444 e. The van der Waals surface area contributed by atoms with Gasteiger partial charge in [0.15, 0.2) is 0 Å². The Morgan fingerprint density at radius 1 is 1.06 bits per heavy atom. The van der Waals surface area contributed by atoms with Crippen molar-refractivity contribution in [3.8, 4) is 0 Å². The van der Waals surface area contributed by atoms with E-state index in [4.69, 9.17) is 9.72 Å². The summed E-state index contributed by atoms with van der Waals surface area (Å²) in [6.07, 6.45) is 4.01. The summed E-state index contributed by atoms with van der Waals surface area (Å²) in [6, 6.07) is 5.26. The summed E-state index contributed by atoms with van der Waals surface area (Å²) in [4.78, 5) is 33.1. The molecule has 34 heavy (non-hydrogen) atoms. The van der Waals surface area contributed by atoms with Crippen molar-refractivity contribution in [1.82, 2.24) is 15.2 Å². The smallest absolute Gasteiger partial charge is 0.407 e. The van der Waals surface area contributed by atoms with Gasteiger partial charge in [0.2, 0.25) is 5.91 Å². The fraction of sp³-hybridized carbons (Fsp3) is 0.731. The lowest BCUT2D eigenvalue weighted by Crippen LogP contribution is -2.59. The largest absolute Gasteiger partial charge is 0.444 e. The maximum atomic E-state index is 12.0. The first-order valence-corrected chi connectivity index (χ1v) is 12.6. The Hall–Kier alpha value is -2.51. The molecule has 188 valence electrons. The van der Waals surface area contributed by atoms with E-state index >= 15 is 0 Å². The minimum absolute atomic E-state index is 0.139. The van der Waals surface area contributed by atoms with Crippen molar-refractivity contribution in [3.05, 3.63) is 17.8 Å². The third kappa shape index (κ3) is 5.26. The van der Waals surface area contributed by atoms with Gasteiger partial charge in [-0.15, -0.1) is 0 Å². The van der Waals surface area contributed by atoms with E-state index in [0.717, 1.165) is 56.0 Å². The highest BCUT2D eigenvalue weighted by Crippen LogP contribution is 2.56. The number of nitrogens with one attached hydrogen (secondary N) is 2. The van der Waals surface area contributed by atoms with E-state index in [1.807, 2.05) is 25.7 Å². The summed E-state index contributed by atoms with van der Waals surface area (Å²) in [5.74, 6) is 1.12. The molecule has 1 saturated heterocycles. The van der Waals surface area contributed by atoms with Gasteiger partial charge in [-0.2, -0.15) is 0 Å². The minimum atomic E-state index is -0.460. The number of hydrogen-bond donors (Lipinski definition) is 2. The van der Waals surface area contributed by atoms with Crippen molar-refractivity contribution in [2.24, 2.45) is 5.41 Å². The number of ether oxygens (including phenoxy) is 1. The van der Waals surface area contributed by atoms with Crippen LogP contribution in [0.25, 0.3) is 0 Å². The maximum absolute atomic E-state index is 12.0. The Balaban J connectivity index is 1.25. The lowest BCUT2D eigenvalue weighted by atomic mass is 9.52. The van der Waals surface area contributed by atoms with E-state index in [1.165, 1.54) is 0 Å². The number of aromatic nitrogens is 1. The lowest BCUT2D eigenvalue weighted by molar-refractivity contribution is -0.133. The van der Waals surface area contributed by atoms with Gasteiger partial charge in [0.1, 0.15) is 11.4 Å². The molecule has 2 atom stereocenters. The first-order chi connectivity index (χ1) is 15.8. The molecule has 1 spiro atoms. The Bertz CT molecular complexity index is 917. The number of nitrogens with zero attached hydrogens (tertiary/aromatic N) is 3. The number of hydrogen-bond acceptors (Lipinski definition) is 6. The van der Waals surface area contributed by atoms with Crippen LogP contribution in [0.5, 0.6) is 0 Å². The molecule has 2 N–H and O–H groups in total. The summed E-state index contributed by atoms with van der Waals surface area (Å²) in [6.45, 7) is 15.2.